The Kier molecular flexibility index (Phi) is 1.26. The van der Waals surface area contributed by atoms with Crippen LogP contribution in [0.25, 0.3) is 0 Å². The van der Waals surface area contributed by atoms with Crippen molar-refractivity contribution >= 4 is 5.78 Å². The number of fused-ring (bicyclic) bond motifs is 1. The third kappa shape index (κ3) is 0.697. The van der Waals surface area contributed by atoms with Crippen molar-refractivity contribution < 1.29 is 19.4 Å². The molecule has 3 atom stereocenters. The van der Waals surface area contributed by atoms with Gasteiger partial charge in [0, 0.05) is 0 Å². The van der Waals surface area contributed by atoms with Crippen LogP contribution in [-0.2, 0) is 14.3 Å². The highest BCUT2D eigenvalue weighted by Crippen LogP contribution is 2.23. The molecule has 56 valence electrons. The van der Waals surface area contributed by atoms with Gasteiger partial charge in [0.2, 0.25) is 0 Å². The average molecular weight is 144 g/mol. The summed E-state index contributed by atoms with van der Waals surface area (Å²) in [6.45, 7) is 0.313. The predicted molar refractivity (Wildman–Crippen MR) is 30.5 cm³/mol. The second-order valence-electron chi connectivity index (χ2n) is 2.56. The maximum absolute atomic E-state index is 10.8. The van der Waals surface area contributed by atoms with E-state index in [2.05, 4.69) is 0 Å². The molecule has 0 bridgehead atoms. The highest BCUT2D eigenvalue weighted by Gasteiger charge is 2.46. The number of carbonyl (C=O) groups excluding carboxylic acids is 1. The molecule has 2 fully saturated rings. The lowest BCUT2D eigenvalue weighted by atomic mass is 10.1. The molecule has 2 aliphatic rings. The molecule has 2 rings (SSSR count). The fourth-order valence-electron chi connectivity index (χ4n) is 1.33. The van der Waals surface area contributed by atoms with Gasteiger partial charge in [0.25, 0.3) is 0 Å². The molecule has 0 amide bonds. The highest BCUT2D eigenvalue weighted by atomic mass is 16.6. The summed E-state index contributed by atoms with van der Waals surface area (Å²) in [4.78, 5) is 10.8. The molecule has 0 spiro atoms. The minimum atomic E-state index is -0.614. The number of Topliss-reactive ketones (excluding diaryl/α,β-unsaturated/α-hetero) is 1. The second-order valence-corrected chi connectivity index (χ2v) is 2.56. The Balaban J connectivity index is 2.16. The molecule has 2 aliphatic heterocycles. The third-order valence-corrected chi connectivity index (χ3v) is 1.86. The summed E-state index contributed by atoms with van der Waals surface area (Å²) < 4.78 is 9.95. The molecule has 1 N–H and O–H groups in total. The molecular formula is C6H8O4. The molecule has 2 heterocycles. The quantitative estimate of drug-likeness (QED) is 0.459. The van der Waals surface area contributed by atoms with Gasteiger partial charge >= 0.3 is 0 Å². The van der Waals surface area contributed by atoms with E-state index >= 15 is 0 Å². The van der Waals surface area contributed by atoms with Gasteiger partial charge in [-0.2, -0.15) is 0 Å². The molecule has 0 aromatic rings. The van der Waals surface area contributed by atoms with Crippen LogP contribution >= 0.6 is 0 Å². The van der Waals surface area contributed by atoms with Crippen molar-refractivity contribution in [3.8, 4) is 0 Å². The van der Waals surface area contributed by atoms with Crippen molar-refractivity contribution in [2.75, 3.05) is 13.2 Å². The van der Waals surface area contributed by atoms with Gasteiger partial charge in [-0.15, -0.1) is 0 Å². The van der Waals surface area contributed by atoms with Crippen LogP contribution in [0.4, 0.5) is 0 Å². The van der Waals surface area contributed by atoms with Crippen molar-refractivity contribution in [3.63, 3.8) is 0 Å². The lowest BCUT2D eigenvalue weighted by Gasteiger charge is -2.06. The van der Waals surface area contributed by atoms with E-state index in [1.165, 1.54) is 0 Å². The van der Waals surface area contributed by atoms with Crippen LogP contribution in [-0.4, -0.2) is 42.4 Å². The minimum Gasteiger partial charge on any atom is -0.388 e. The molecule has 4 heteroatoms. The van der Waals surface area contributed by atoms with Crippen LogP contribution in [0, 0.1) is 0 Å². The largest absolute Gasteiger partial charge is 0.388 e. The first-order valence-electron chi connectivity index (χ1n) is 3.23. The molecule has 0 aromatic carbocycles. The maximum atomic E-state index is 10.8. The van der Waals surface area contributed by atoms with E-state index in [1.807, 2.05) is 0 Å². The lowest BCUT2D eigenvalue weighted by molar-refractivity contribution is -0.125. The van der Waals surface area contributed by atoms with Crippen molar-refractivity contribution in [2.45, 2.75) is 18.3 Å². The summed E-state index contributed by atoms with van der Waals surface area (Å²) in [5.74, 6) is -0.0541. The number of rotatable bonds is 0. The monoisotopic (exact) mass is 144 g/mol. The van der Waals surface area contributed by atoms with Crippen LogP contribution in [0.2, 0.25) is 0 Å². The normalized spacial score (nSPS) is 46.1. The number of ether oxygens (including phenoxy) is 2. The van der Waals surface area contributed by atoms with Crippen molar-refractivity contribution in [2.24, 2.45) is 0 Å². The van der Waals surface area contributed by atoms with E-state index in [0.29, 0.717) is 0 Å². The minimum absolute atomic E-state index is 0.0541. The van der Waals surface area contributed by atoms with Crippen molar-refractivity contribution in [1.82, 2.24) is 0 Å². The number of hydrogen-bond acceptors (Lipinski definition) is 4. The number of aliphatic hydroxyl groups excluding tert-OH is 1. The van der Waals surface area contributed by atoms with E-state index in [0.717, 1.165) is 0 Å². The Bertz CT molecular complexity index is 167. The van der Waals surface area contributed by atoms with Gasteiger partial charge in [-0.3, -0.25) is 4.79 Å². The smallest absolute Gasteiger partial charge is 0.189 e. The van der Waals surface area contributed by atoms with Gasteiger partial charge in [0.15, 0.2) is 5.78 Å². The topological polar surface area (TPSA) is 55.8 Å². The van der Waals surface area contributed by atoms with E-state index < -0.39 is 18.3 Å². The molecular weight excluding hydrogens is 136 g/mol. The summed E-state index contributed by atoms with van der Waals surface area (Å²) in [7, 11) is 0. The van der Waals surface area contributed by atoms with Crippen LogP contribution in [0.1, 0.15) is 0 Å². The molecule has 2 saturated heterocycles. The second kappa shape index (κ2) is 2.02. The van der Waals surface area contributed by atoms with Crippen LogP contribution in [0.5, 0.6) is 0 Å². The first-order chi connectivity index (χ1) is 4.79. The zero-order valence-electron chi connectivity index (χ0n) is 5.32. The Morgan fingerprint density at radius 2 is 2.30 bits per heavy atom. The van der Waals surface area contributed by atoms with Crippen LogP contribution in [0.15, 0.2) is 0 Å². The Labute approximate surface area is 57.7 Å². The molecule has 0 radical (unpaired) electrons. The number of ketones is 1. The fourth-order valence-corrected chi connectivity index (χ4v) is 1.33. The van der Waals surface area contributed by atoms with Crippen LogP contribution in [0.3, 0.4) is 0 Å². The van der Waals surface area contributed by atoms with Gasteiger partial charge in [0.1, 0.15) is 24.9 Å². The van der Waals surface area contributed by atoms with Gasteiger partial charge < -0.3 is 14.6 Å². The zero-order chi connectivity index (χ0) is 7.14. The summed E-state index contributed by atoms with van der Waals surface area (Å²) in [6, 6.07) is 0. The Hall–Kier alpha value is -0.450. The SMILES string of the molecule is O=C1COC2C1OC[C@H]2O. The number of carbonyl (C=O) groups is 1. The first kappa shape index (κ1) is 6.27. The number of hydrogen-bond donors (Lipinski definition) is 1. The summed E-state index contributed by atoms with van der Waals surface area (Å²) >= 11 is 0. The predicted octanol–water partition coefficient (Wildman–Crippen LogP) is -1.29. The molecule has 4 nitrogen and oxygen atoms in total. The third-order valence-electron chi connectivity index (χ3n) is 1.86. The van der Waals surface area contributed by atoms with E-state index in [-0.39, 0.29) is 19.0 Å². The van der Waals surface area contributed by atoms with Gasteiger partial charge in [-0.05, 0) is 0 Å². The molecule has 2 unspecified atom stereocenters. The van der Waals surface area contributed by atoms with Crippen molar-refractivity contribution in [1.29, 1.82) is 0 Å². The first-order valence-corrected chi connectivity index (χ1v) is 3.23. The number of aliphatic hydroxyl groups is 1. The van der Waals surface area contributed by atoms with Crippen molar-refractivity contribution in [3.05, 3.63) is 0 Å². The summed E-state index contributed by atoms with van der Waals surface area (Å²) in [5.41, 5.74) is 0. The molecule has 0 aromatic heterocycles. The standard InChI is InChI=1S/C6H8O4/c7-3-1-9-6-4(8)2-10-5(3)6/h3,5-7H,1-2H2/t3-,5?,6?/m1/s1. The van der Waals surface area contributed by atoms with Gasteiger partial charge in [-0.25, -0.2) is 0 Å². The molecule has 0 saturated carbocycles. The van der Waals surface area contributed by atoms with E-state index in [9.17, 15) is 4.79 Å². The molecule has 0 aliphatic carbocycles. The Morgan fingerprint density at radius 1 is 1.50 bits per heavy atom. The van der Waals surface area contributed by atoms with Gasteiger partial charge in [-0.1, -0.05) is 0 Å². The fraction of sp³-hybridized carbons (Fsp3) is 0.833. The zero-order valence-corrected chi connectivity index (χ0v) is 5.32. The Morgan fingerprint density at radius 3 is 3.00 bits per heavy atom. The molecule has 10 heavy (non-hydrogen) atoms. The van der Waals surface area contributed by atoms with E-state index in [1.54, 1.807) is 0 Å². The van der Waals surface area contributed by atoms with E-state index in [4.69, 9.17) is 14.6 Å². The average Bonchev–Trinajstić information content (AvgIpc) is 2.41. The maximum Gasteiger partial charge on any atom is 0.189 e. The van der Waals surface area contributed by atoms with Gasteiger partial charge in [0.05, 0.1) is 6.61 Å². The summed E-state index contributed by atoms with van der Waals surface area (Å²) in [6.07, 6.45) is -1.50. The summed E-state index contributed by atoms with van der Waals surface area (Å²) in [5, 5.41) is 9.11. The highest BCUT2D eigenvalue weighted by molar-refractivity contribution is 5.87. The lowest BCUT2D eigenvalue weighted by Crippen LogP contribution is -2.28. The van der Waals surface area contributed by atoms with Crippen LogP contribution < -0.4 is 0 Å².